The van der Waals surface area contributed by atoms with Gasteiger partial charge in [-0.3, -0.25) is 0 Å². The maximum absolute atomic E-state index is 4.56. The van der Waals surface area contributed by atoms with Gasteiger partial charge in [0.2, 0.25) is 0 Å². The Morgan fingerprint density at radius 1 is 1.36 bits per heavy atom. The fourth-order valence-corrected chi connectivity index (χ4v) is 1.60. The number of aryl methyl sites for hydroxylation is 1. The van der Waals surface area contributed by atoms with Crippen LogP contribution in [-0.4, -0.2) is 29.0 Å². The second kappa shape index (κ2) is 3.42. The van der Waals surface area contributed by atoms with Gasteiger partial charge in [-0.1, -0.05) is 12.1 Å². The van der Waals surface area contributed by atoms with Crippen LogP contribution in [-0.2, 0) is 6.54 Å². The average molecular weight is 189 g/mol. The third-order valence-corrected chi connectivity index (χ3v) is 2.23. The molecule has 0 aliphatic carbocycles. The van der Waals surface area contributed by atoms with E-state index in [-0.39, 0.29) is 0 Å². The van der Waals surface area contributed by atoms with Crippen LogP contribution in [0.1, 0.15) is 11.4 Å². The molecule has 1 heterocycles. The smallest absolute Gasteiger partial charge is 0.121 e. The largest absolute Gasteiger partial charge is 0.341 e. The van der Waals surface area contributed by atoms with Crippen molar-refractivity contribution >= 4 is 11.0 Å². The highest BCUT2D eigenvalue weighted by atomic mass is 15.1. The molecule has 0 unspecified atom stereocenters. The van der Waals surface area contributed by atoms with Crippen molar-refractivity contribution < 1.29 is 0 Å². The number of H-pyrrole nitrogens is 1. The molecule has 0 atom stereocenters. The van der Waals surface area contributed by atoms with E-state index < -0.39 is 0 Å². The standard InChI is InChI=1S/C11H15N3/c1-8-5-4-6-9-11(8)13-10(12-9)7-14(2)3/h4-6H,7H2,1-3H3,(H,12,13). The number of nitrogens with zero attached hydrogens (tertiary/aromatic N) is 2. The zero-order chi connectivity index (χ0) is 10.1. The van der Waals surface area contributed by atoms with Gasteiger partial charge in [-0.2, -0.15) is 0 Å². The van der Waals surface area contributed by atoms with Crippen molar-refractivity contribution in [3.63, 3.8) is 0 Å². The lowest BCUT2D eigenvalue weighted by Crippen LogP contribution is -2.11. The van der Waals surface area contributed by atoms with E-state index in [1.165, 1.54) is 5.56 Å². The molecule has 0 saturated heterocycles. The van der Waals surface area contributed by atoms with E-state index >= 15 is 0 Å². The van der Waals surface area contributed by atoms with Crippen LogP contribution in [0.2, 0.25) is 0 Å². The molecule has 1 aromatic heterocycles. The number of imidazole rings is 1. The molecule has 2 aromatic rings. The van der Waals surface area contributed by atoms with E-state index in [2.05, 4.69) is 40.0 Å². The van der Waals surface area contributed by atoms with Crippen LogP contribution in [0.3, 0.4) is 0 Å². The highest BCUT2D eigenvalue weighted by Gasteiger charge is 2.04. The summed E-state index contributed by atoms with van der Waals surface area (Å²) in [4.78, 5) is 9.97. The lowest BCUT2D eigenvalue weighted by atomic mass is 10.2. The molecule has 0 radical (unpaired) electrons. The Kier molecular flexibility index (Phi) is 2.25. The van der Waals surface area contributed by atoms with Crippen LogP contribution >= 0.6 is 0 Å². The molecule has 0 bridgehead atoms. The predicted octanol–water partition coefficient (Wildman–Crippen LogP) is 1.93. The van der Waals surface area contributed by atoms with Crippen molar-refractivity contribution in [3.05, 3.63) is 29.6 Å². The van der Waals surface area contributed by atoms with Crippen LogP contribution in [0.25, 0.3) is 11.0 Å². The highest BCUT2D eigenvalue weighted by molar-refractivity contribution is 5.78. The number of fused-ring (bicyclic) bond motifs is 1. The van der Waals surface area contributed by atoms with Crippen molar-refractivity contribution in [2.24, 2.45) is 0 Å². The first-order valence-electron chi connectivity index (χ1n) is 4.76. The summed E-state index contributed by atoms with van der Waals surface area (Å²) < 4.78 is 0. The predicted molar refractivity (Wildman–Crippen MR) is 58.2 cm³/mol. The van der Waals surface area contributed by atoms with E-state index in [0.717, 1.165) is 23.4 Å². The van der Waals surface area contributed by atoms with Gasteiger partial charge in [-0.15, -0.1) is 0 Å². The Bertz CT molecular complexity index is 443. The van der Waals surface area contributed by atoms with Gasteiger partial charge in [-0.25, -0.2) is 4.98 Å². The minimum Gasteiger partial charge on any atom is -0.341 e. The number of aromatic amines is 1. The normalized spacial score (nSPS) is 11.4. The fraction of sp³-hybridized carbons (Fsp3) is 0.364. The summed E-state index contributed by atoms with van der Waals surface area (Å²) in [5.41, 5.74) is 3.44. The van der Waals surface area contributed by atoms with Crippen molar-refractivity contribution in [1.82, 2.24) is 14.9 Å². The fourth-order valence-electron chi connectivity index (χ4n) is 1.60. The first-order valence-corrected chi connectivity index (χ1v) is 4.76. The molecule has 0 aliphatic heterocycles. The van der Waals surface area contributed by atoms with Gasteiger partial charge in [0.25, 0.3) is 0 Å². The second-order valence-electron chi connectivity index (χ2n) is 3.89. The first-order chi connectivity index (χ1) is 6.66. The topological polar surface area (TPSA) is 31.9 Å². The number of para-hydroxylation sites is 1. The van der Waals surface area contributed by atoms with Crippen molar-refractivity contribution in [1.29, 1.82) is 0 Å². The van der Waals surface area contributed by atoms with Crippen LogP contribution in [0.4, 0.5) is 0 Å². The maximum atomic E-state index is 4.56. The number of benzene rings is 1. The Morgan fingerprint density at radius 2 is 2.14 bits per heavy atom. The minimum absolute atomic E-state index is 0.855. The second-order valence-corrected chi connectivity index (χ2v) is 3.89. The van der Waals surface area contributed by atoms with E-state index in [1.807, 2.05) is 14.1 Å². The van der Waals surface area contributed by atoms with E-state index in [4.69, 9.17) is 0 Å². The third kappa shape index (κ3) is 1.63. The zero-order valence-corrected chi connectivity index (χ0v) is 8.83. The quantitative estimate of drug-likeness (QED) is 0.782. The van der Waals surface area contributed by atoms with E-state index in [1.54, 1.807) is 0 Å². The number of hydrogen-bond donors (Lipinski definition) is 1. The molecule has 1 aromatic carbocycles. The number of aromatic nitrogens is 2. The van der Waals surface area contributed by atoms with Gasteiger partial charge in [0.15, 0.2) is 0 Å². The molecular formula is C11H15N3. The minimum atomic E-state index is 0.855. The molecule has 2 rings (SSSR count). The molecule has 14 heavy (non-hydrogen) atoms. The van der Waals surface area contributed by atoms with Crippen LogP contribution in [0.15, 0.2) is 18.2 Å². The van der Waals surface area contributed by atoms with E-state index in [9.17, 15) is 0 Å². The Hall–Kier alpha value is -1.35. The monoisotopic (exact) mass is 189 g/mol. The van der Waals surface area contributed by atoms with Crippen molar-refractivity contribution in [2.45, 2.75) is 13.5 Å². The van der Waals surface area contributed by atoms with Crippen LogP contribution in [0.5, 0.6) is 0 Å². The van der Waals surface area contributed by atoms with Gasteiger partial charge >= 0.3 is 0 Å². The summed E-state index contributed by atoms with van der Waals surface area (Å²) in [5.74, 6) is 1.03. The molecule has 3 nitrogen and oxygen atoms in total. The van der Waals surface area contributed by atoms with Crippen molar-refractivity contribution in [2.75, 3.05) is 14.1 Å². The molecular weight excluding hydrogens is 174 g/mol. The summed E-state index contributed by atoms with van der Waals surface area (Å²) in [6.45, 7) is 2.94. The highest BCUT2D eigenvalue weighted by Crippen LogP contribution is 2.15. The summed E-state index contributed by atoms with van der Waals surface area (Å²) >= 11 is 0. The lowest BCUT2D eigenvalue weighted by Gasteiger charge is -2.04. The number of rotatable bonds is 2. The third-order valence-electron chi connectivity index (χ3n) is 2.23. The summed E-state index contributed by atoms with van der Waals surface area (Å²) in [5, 5.41) is 0. The molecule has 3 heteroatoms. The Morgan fingerprint density at radius 3 is 2.79 bits per heavy atom. The molecule has 0 spiro atoms. The van der Waals surface area contributed by atoms with Gasteiger partial charge in [0, 0.05) is 0 Å². The Balaban J connectivity index is 2.46. The Labute approximate surface area is 83.8 Å². The molecule has 0 aliphatic rings. The van der Waals surface area contributed by atoms with Crippen LogP contribution in [0, 0.1) is 6.92 Å². The zero-order valence-electron chi connectivity index (χ0n) is 8.83. The summed E-state index contributed by atoms with van der Waals surface area (Å²) in [7, 11) is 4.08. The maximum Gasteiger partial charge on any atom is 0.121 e. The summed E-state index contributed by atoms with van der Waals surface area (Å²) in [6.07, 6.45) is 0. The molecule has 0 fully saturated rings. The number of hydrogen-bond acceptors (Lipinski definition) is 2. The summed E-state index contributed by atoms with van der Waals surface area (Å²) in [6, 6.07) is 6.20. The van der Waals surface area contributed by atoms with Crippen molar-refractivity contribution in [3.8, 4) is 0 Å². The van der Waals surface area contributed by atoms with Gasteiger partial charge in [-0.05, 0) is 32.6 Å². The van der Waals surface area contributed by atoms with Gasteiger partial charge < -0.3 is 9.88 Å². The molecule has 74 valence electrons. The van der Waals surface area contributed by atoms with Crippen LogP contribution < -0.4 is 0 Å². The average Bonchev–Trinajstić information content (AvgIpc) is 2.47. The van der Waals surface area contributed by atoms with Gasteiger partial charge in [0.1, 0.15) is 5.82 Å². The van der Waals surface area contributed by atoms with Gasteiger partial charge in [0.05, 0.1) is 17.6 Å². The van der Waals surface area contributed by atoms with E-state index in [0.29, 0.717) is 0 Å². The molecule has 0 amide bonds. The lowest BCUT2D eigenvalue weighted by molar-refractivity contribution is 0.392. The SMILES string of the molecule is Cc1cccc2[nH]c(CN(C)C)nc12. The number of nitrogens with one attached hydrogen (secondary N) is 1. The molecule has 1 N–H and O–H groups in total. The molecule has 0 saturated carbocycles. The first kappa shape index (κ1) is 9.21.